The van der Waals surface area contributed by atoms with Crippen molar-refractivity contribution < 1.29 is 4.74 Å². The maximum atomic E-state index is 5.65. The molecule has 0 saturated heterocycles. The number of hydrogen-bond donors (Lipinski definition) is 0. The van der Waals surface area contributed by atoms with Crippen molar-refractivity contribution in [2.75, 3.05) is 7.11 Å². The molecule has 0 N–H and O–H groups in total. The molecule has 0 aromatic heterocycles. The fourth-order valence-corrected chi connectivity index (χ4v) is 5.12. The number of rotatable bonds is 5. The van der Waals surface area contributed by atoms with Gasteiger partial charge in [-0.3, -0.25) is 0 Å². The van der Waals surface area contributed by atoms with Crippen LogP contribution >= 0.6 is 22.6 Å². The minimum Gasteiger partial charge on any atom is -0.496 e. The van der Waals surface area contributed by atoms with Gasteiger partial charge in [0.1, 0.15) is 5.75 Å². The number of fused-ring (bicyclic) bond motifs is 1. The van der Waals surface area contributed by atoms with E-state index in [1.807, 2.05) is 0 Å². The lowest BCUT2D eigenvalue weighted by Gasteiger charge is -2.38. The fraction of sp³-hybridized carbons (Fsp3) is 0.524. The van der Waals surface area contributed by atoms with Gasteiger partial charge in [0.15, 0.2) is 0 Å². The van der Waals surface area contributed by atoms with E-state index in [9.17, 15) is 0 Å². The average Bonchev–Trinajstić information content (AvgIpc) is 2.48. The molecule has 23 heavy (non-hydrogen) atoms. The molecule has 0 heterocycles. The van der Waals surface area contributed by atoms with Crippen LogP contribution in [0.15, 0.2) is 30.4 Å². The number of methoxy groups -OCH3 is 1. The fourth-order valence-electron chi connectivity index (χ4n) is 4.05. The number of aryl methyl sites for hydroxylation is 1. The SMILES string of the molecule is C=CCC[C@H]1c2c(I)c(OC)cc(C)c2[C@H](C=C(C)C)C[C@@H]1C. The molecular weight excluding hydrogens is 395 g/mol. The first-order valence-corrected chi connectivity index (χ1v) is 9.61. The second-order valence-electron chi connectivity index (χ2n) is 7.07. The van der Waals surface area contributed by atoms with E-state index in [2.05, 4.69) is 75.1 Å². The van der Waals surface area contributed by atoms with E-state index < -0.39 is 0 Å². The monoisotopic (exact) mass is 424 g/mol. The van der Waals surface area contributed by atoms with Crippen LogP contribution in [0.25, 0.3) is 0 Å². The molecule has 0 radical (unpaired) electrons. The number of allylic oxidation sites excluding steroid dienone is 3. The summed E-state index contributed by atoms with van der Waals surface area (Å²) in [6, 6.07) is 2.22. The number of hydrogen-bond acceptors (Lipinski definition) is 1. The molecule has 126 valence electrons. The summed E-state index contributed by atoms with van der Waals surface area (Å²) in [5.41, 5.74) is 5.85. The standard InChI is InChI=1S/C21H29IO/c1-7-8-9-17-14(4)11-16(10-13(2)3)19-15(5)12-18(23-6)21(22)20(17)19/h7,10,12,14,16-17H,1,8-9,11H2,2-6H3/t14-,16+,17+/m0/s1. The lowest BCUT2D eigenvalue weighted by Crippen LogP contribution is -2.24. The van der Waals surface area contributed by atoms with Gasteiger partial charge in [-0.25, -0.2) is 0 Å². The van der Waals surface area contributed by atoms with Gasteiger partial charge in [0.2, 0.25) is 0 Å². The van der Waals surface area contributed by atoms with E-state index in [0.29, 0.717) is 17.8 Å². The Bertz CT molecular complexity index is 611. The Hall–Kier alpha value is -0.770. The van der Waals surface area contributed by atoms with E-state index in [4.69, 9.17) is 4.74 Å². The first-order chi connectivity index (χ1) is 10.9. The Morgan fingerprint density at radius 3 is 2.65 bits per heavy atom. The third-order valence-electron chi connectivity index (χ3n) is 5.01. The summed E-state index contributed by atoms with van der Waals surface area (Å²) < 4.78 is 6.96. The maximum absolute atomic E-state index is 5.65. The number of ether oxygens (including phenoxy) is 1. The molecule has 2 heteroatoms. The van der Waals surface area contributed by atoms with Gasteiger partial charge in [0, 0.05) is 5.92 Å². The molecule has 1 aliphatic carbocycles. The Morgan fingerprint density at radius 1 is 1.39 bits per heavy atom. The molecule has 0 unspecified atom stereocenters. The van der Waals surface area contributed by atoms with Gasteiger partial charge >= 0.3 is 0 Å². The van der Waals surface area contributed by atoms with E-state index >= 15 is 0 Å². The predicted molar refractivity (Wildman–Crippen MR) is 109 cm³/mol. The first-order valence-electron chi connectivity index (χ1n) is 8.53. The van der Waals surface area contributed by atoms with Crippen LogP contribution in [-0.2, 0) is 0 Å². The van der Waals surface area contributed by atoms with Gasteiger partial charge in [-0.05, 0) is 97.2 Å². The largest absolute Gasteiger partial charge is 0.496 e. The molecule has 2 rings (SSSR count). The highest BCUT2D eigenvalue weighted by Crippen LogP contribution is 2.50. The van der Waals surface area contributed by atoms with Crippen LogP contribution in [0.5, 0.6) is 5.75 Å². The predicted octanol–water partition coefficient (Wildman–Crippen LogP) is 6.75. The molecule has 1 aromatic rings. The zero-order chi connectivity index (χ0) is 17.1. The second kappa shape index (κ2) is 7.87. The quantitative estimate of drug-likeness (QED) is 0.375. The minimum absolute atomic E-state index is 0.532. The van der Waals surface area contributed by atoms with E-state index in [-0.39, 0.29) is 0 Å². The van der Waals surface area contributed by atoms with Gasteiger partial charge in [-0.1, -0.05) is 24.6 Å². The molecular formula is C21H29IO. The van der Waals surface area contributed by atoms with Crippen molar-refractivity contribution in [3.05, 3.63) is 50.6 Å². The molecule has 0 bridgehead atoms. The Kier molecular flexibility index (Phi) is 6.35. The highest BCUT2D eigenvalue weighted by Gasteiger charge is 2.35. The summed E-state index contributed by atoms with van der Waals surface area (Å²) in [7, 11) is 1.78. The third-order valence-corrected chi connectivity index (χ3v) is 6.12. The van der Waals surface area contributed by atoms with Gasteiger partial charge in [-0.2, -0.15) is 0 Å². The molecule has 1 aromatic carbocycles. The van der Waals surface area contributed by atoms with Crippen LogP contribution in [0.3, 0.4) is 0 Å². The molecule has 3 atom stereocenters. The van der Waals surface area contributed by atoms with Crippen molar-refractivity contribution in [2.45, 2.75) is 58.8 Å². The van der Waals surface area contributed by atoms with Crippen LogP contribution in [0.4, 0.5) is 0 Å². The highest BCUT2D eigenvalue weighted by molar-refractivity contribution is 14.1. The molecule has 1 aliphatic rings. The Morgan fingerprint density at radius 2 is 2.09 bits per heavy atom. The van der Waals surface area contributed by atoms with Crippen molar-refractivity contribution >= 4 is 22.6 Å². The molecule has 0 spiro atoms. The summed E-state index contributed by atoms with van der Waals surface area (Å²) in [5, 5.41) is 0. The topological polar surface area (TPSA) is 9.23 Å². The summed E-state index contributed by atoms with van der Waals surface area (Å²) in [4.78, 5) is 0. The summed E-state index contributed by atoms with van der Waals surface area (Å²) in [6.07, 6.45) is 8.00. The normalized spacial score (nSPS) is 23.1. The molecule has 0 aliphatic heterocycles. The van der Waals surface area contributed by atoms with Crippen LogP contribution in [-0.4, -0.2) is 7.11 Å². The minimum atomic E-state index is 0.532. The average molecular weight is 424 g/mol. The second-order valence-corrected chi connectivity index (χ2v) is 8.15. The van der Waals surface area contributed by atoms with Gasteiger partial charge in [0.25, 0.3) is 0 Å². The maximum Gasteiger partial charge on any atom is 0.132 e. The highest BCUT2D eigenvalue weighted by atomic mass is 127. The Balaban J connectivity index is 2.65. The zero-order valence-corrected chi connectivity index (χ0v) is 17.2. The molecule has 1 nitrogen and oxygen atoms in total. The number of benzene rings is 1. The Labute approximate surface area is 155 Å². The molecule has 0 amide bonds. The zero-order valence-electron chi connectivity index (χ0n) is 15.1. The van der Waals surface area contributed by atoms with Gasteiger partial charge < -0.3 is 4.74 Å². The van der Waals surface area contributed by atoms with Crippen molar-refractivity contribution in [1.82, 2.24) is 0 Å². The summed E-state index contributed by atoms with van der Waals surface area (Å²) in [5.74, 6) is 2.84. The lowest BCUT2D eigenvalue weighted by atomic mass is 9.68. The number of halogens is 1. The van der Waals surface area contributed by atoms with Crippen LogP contribution in [0.2, 0.25) is 0 Å². The third kappa shape index (κ3) is 3.84. The van der Waals surface area contributed by atoms with Gasteiger partial charge in [-0.15, -0.1) is 6.58 Å². The smallest absolute Gasteiger partial charge is 0.132 e. The van der Waals surface area contributed by atoms with E-state index in [1.165, 1.54) is 33.1 Å². The first kappa shape index (κ1) is 18.6. The van der Waals surface area contributed by atoms with Crippen LogP contribution in [0.1, 0.15) is 68.6 Å². The van der Waals surface area contributed by atoms with Crippen molar-refractivity contribution in [2.24, 2.45) is 5.92 Å². The van der Waals surface area contributed by atoms with E-state index in [0.717, 1.165) is 12.2 Å². The molecule has 0 fully saturated rings. The summed E-state index contributed by atoms with van der Waals surface area (Å²) in [6.45, 7) is 13.0. The van der Waals surface area contributed by atoms with Crippen molar-refractivity contribution in [3.8, 4) is 5.75 Å². The van der Waals surface area contributed by atoms with Crippen molar-refractivity contribution in [1.29, 1.82) is 0 Å². The lowest BCUT2D eigenvalue weighted by molar-refractivity contribution is 0.359. The van der Waals surface area contributed by atoms with Crippen molar-refractivity contribution in [3.63, 3.8) is 0 Å². The van der Waals surface area contributed by atoms with Crippen LogP contribution in [0, 0.1) is 16.4 Å². The van der Waals surface area contributed by atoms with E-state index in [1.54, 1.807) is 12.7 Å². The summed E-state index contributed by atoms with van der Waals surface area (Å²) >= 11 is 2.49. The molecule has 0 saturated carbocycles. The van der Waals surface area contributed by atoms with Gasteiger partial charge in [0.05, 0.1) is 10.7 Å². The van der Waals surface area contributed by atoms with Crippen LogP contribution < -0.4 is 4.74 Å².